The Morgan fingerprint density at radius 2 is 1.71 bits per heavy atom. The van der Waals surface area contributed by atoms with E-state index in [-0.39, 0.29) is 12.4 Å². The van der Waals surface area contributed by atoms with Crippen LogP contribution in [0.1, 0.15) is 40.5 Å². The molecule has 0 amide bonds. The number of nitrogens with zero attached hydrogens (tertiary/aromatic N) is 1. The molecule has 0 fully saturated rings. The van der Waals surface area contributed by atoms with E-state index in [0.717, 1.165) is 19.4 Å². The minimum atomic E-state index is -3.06. The van der Waals surface area contributed by atoms with Gasteiger partial charge in [-0.25, -0.2) is 8.42 Å². The third-order valence-electron chi connectivity index (χ3n) is 2.85. The summed E-state index contributed by atoms with van der Waals surface area (Å²) in [6.45, 7) is 9.29. The second-order valence-electron chi connectivity index (χ2n) is 5.35. The highest BCUT2D eigenvalue weighted by atomic mass is 32.2. The summed E-state index contributed by atoms with van der Waals surface area (Å²) in [6, 6.07) is 0. The van der Waals surface area contributed by atoms with Crippen molar-refractivity contribution in [2.24, 2.45) is 0 Å². The standard InChI is InChI=1S/C12H27NO3S/c1-5-6-7-13(8-10-14)9-11-17(15,16)12(2,3)4/h14H,5-11H2,1-4H3. The summed E-state index contributed by atoms with van der Waals surface area (Å²) in [4.78, 5) is 2.02. The van der Waals surface area contributed by atoms with Crippen LogP contribution in [0.2, 0.25) is 0 Å². The molecule has 0 aromatic rings. The Bertz CT molecular complexity index is 293. The van der Waals surface area contributed by atoms with Crippen molar-refractivity contribution in [2.45, 2.75) is 45.3 Å². The lowest BCUT2D eigenvalue weighted by atomic mass is 10.3. The van der Waals surface area contributed by atoms with Gasteiger partial charge in [-0.15, -0.1) is 0 Å². The third kappa shape index (κ3) is 6.38. The van der Waals surface area contributed by atoms with Crippen molar-refractivity contribution >= 4 is 9.84 Å². The molecule has 0 unspecified atom stereocenters. The Morgan fingerprint density at radius 1 is 1.12 bits per heavy atom. The highest BCUT2D eigenvalue weighted by Gasteiger charge is 2.28. The molecule has 0 saturated heterocycles. The first kappa shape index (κ1) is 16.9. The van der Waals surface area contributed by atoms with Gasteiger partial charge in [-0.1, -0.05) is 13.3 Å². The van der Waals surface area contributed by atoms with Crippen LogP contribution in [0, 0.1) is 0 Å². The fraction of sp³-hybridized carbons (Fsp3) is 1.00. The van der Waals surface area contributed by atoms with E-state index in [1.165, 1.54) is 0 Å². The molecule has 0 aromatic heterocycles. The van der Waals surface area contributed by atoms with Crippen LogP contribution in [0.25, 0.3) is 0 Å². The second-order valence-corrected chi connectivity index (χ2v) is 8.21. The highest BCUT2D eigenvalue weighted by Crippen LogP contribution is 2.16. The van der Waals surface area contributed by atoms with Gasteiger partial charge in [-0.2, -0.15) is 0 Å². The molecule has 17 heavy (non-hydrogen) atoms. The average Bonchev–Trinajstić information content (AvgIpc) is 2.20. The van der Waals surface area contributed by atoms with E-state index >= 15 is 0 Å². The topological polar surface area (TPSA) is 57.6 Å². The van der Waals surface area contributed by atoms with Crippen molar-refractivity contribution in [1.82, 2.24) is 4.90 Å². The van der Waals surface area contributed by atoms with Gasteiger partial charge in [0, 0.05) is 13.1 Å². The number of rotatable bonds is 8. The predicted molar refractivity (Wildman–Crippen MR) is 72.0 cm³/mol. The van der Waals surface area contributed by atoms with Gasteiger partial charge in [0.2, 0.25) is 0 Å². The smallest absolute Gasteiger partial charge is 0.156 e. The summed E-state index contributed by atoms with van der Waals surface area (Å²) in [5.41, 5.74) is 0. The monoisotopic (exact) mass is 265 g/mol. The lowest BCUT2D eigenvalue weighted by molar-refractivity contribution is 0.200. The molecular weight excluding hydrogens is 238 g/mol. The van der Waals surface area contributed by atoms with E-state index < -0.39 is 14.6 Å². The molecule has 0 bridgehead atoms. The van der Waals surface area contributed by atoms with Crippen molar-refractivity contribution in [1.29, 1.82) is 0 Å². The highest BCUT2D eigenvalue weighted by molar-refractivity contribution is 7.92. The van der Waals surface area contributed by atoms with Gasteiger partial charge in [0.05, 0.1) is 17.1 Å². The quantitative estimate of drug-likeness (QED) is 0.718. The average molecular weight is 265 g/mol. The number of unbranched alkanes of at least 4 members (excludes halogenated alkanes) is 1. The molecule has 0 heterocycles. The first-order valence-corrected chi connectivity index (χ1v) is 7.95. The minimum Gasteiger partial charge on any atom is -0.395 e. The van der Waals surface area contributed by atoms with Crippen molar-refractivity contribution < 1.29 is 13.5 Å². The van der Waals surface area contributed by atoms with E-state index in [0.29, 0.717) is 13.1 Å². The Labute approximate surface area is 106 Å². The van der Waals surface area contributed by atoms with E-state index in [1.54, 1.807) is 20.8 Å². The molecule has 0 aliphatic carbocycles. The number of hydrogen-bond acceptors (Lipinski definition) is 4. The Kier molecular flexibility index (Phi) is 7.28. The molecule has 1 N–H and O–H groups in total. The van der Waals surface area contributed by atoms with Crippen LogP contribution in [0.3, 0.4) is 0 Å². The Hall–Kier alpha value is -0.130. The van der Waals surface area contributed by atoms with E-state index in [4.69, 9.17) is 5.11 Å². The lowest BCUT2D eigenvalue weighted by Crippen LogP contribution is -2.38. The van der Waals surface area contributed by atoms with Gasteiger partial charge in [-0.3, -0.25) is 0 Å². The molecule has 0 saturated carbocycles. The summed E-state index contributed by atoms with van der Waals surface area (Å²) >= 11 is 0. The van der Waals surface area contributed by atoms with E-state index in [1.807, 2.05) is 4.90 Å². The molecule has 0 aliphatic heterocycles. The van der Waals surface area contributed by atoms with Crippen molar-refractivity contribution in [2.75, 3.05) is 32.0 Å². The maximum atomic E-state index is 11.9. The largest absolute Gasteiger partial charge is 0.395 e. The lowest BCUT2D eigenvalue weighted by Gasteiger charge is -2.24. The van der Waals surface area contributed by atoms with E-state index in [9.17, 15) is 8.42 Å². The van der Waals surface area contributed by atoms with E-state index in [2.05, 4.69) is 6.92 Å². The molecule has 104 valence electrons. The van der Waals surface area contributed by atoms with Crippen LogP contribution >= 0.6 is 0 Å². The first-order valence-electron chi connectivity index (χ1n) is 6.30. The molecular formula is C12H27NO3S. The normalized spacial score (nSPS) is 13.3. The molecule has 0 spiro atoms. The predicted octanol–water partition coefficient (Wildman–Crippen LogP) is 1.29. The third-order valence-corrected chi connectivity index (χ3v) is 5.44. The van der Waals surface area contributed by atoms with Crippen molar-refractivity contribution in [3.8, 4) is 0 Å². The maximum absolute atomic E-state index is 11.9. The van der Waals surface area contributed by atoms with Gasteiger partial charge in [-0.05, 0) is 33.7 Å². The van der Waals surface area contributed by atoms with Crippen molar-refractivity contribution in [3.05, 3.63) is 0 Å². The molecule has 0 atom stereocenters. The Balaban J connectivity index is 4.30. The molecule has 4 nitrogen and oxygen atoms in total. The number of sulfone groups is 1. The Morgan fingerprint density at radius 3 is 2.12 bits per heavy atom. The van der Waals surface area contributed by atoms with Gasteiger partial charge in [0.15, 0.2) is 9.84 Å². The number of hydrogen-bond donors (Lipinski definition) is 1. The van der Waals surface area contributed by atoms with Gasteiger partial charge >= 0.3 is 0 Å². The van der Waals surface area contributed by atoms with Crippen LogP contribution in [0.15, 0.2) is 0 Å². The zero-order chi connectivity index (χ0) is 13.5. The fourth-order valence-corrected chi connectivity index (χ4v) is 2.52. The summed E-state index contributed by atoms with van der Waals surface area (Å²) in [6.07, 6.45) is 2.11. The van der Waals surface area contributed by atoms with Crippen LogP contribution in [0.4, 0.5) is 0 Å². The molecule has 0 aliphatic rings. The SMILES string of the molecule is CCCCN(CCO)CCS(=O)(=O)C(C)(C)C. The summed E-state index contributed by atoms with van der Waals surface area (Å²) in [5.74, 6) is 0.167. The molecule has 0 rings (SSSR count). The molecule has 5 heteroatoms. The summed E-state index contributed by atoms with van der Waals surface area (Å²) in [7, 11) is -3.06. The van der Waals surface area contributed by atoms with Gasteiger partial charge in [0.25, 0.3) is 0 Å². The maximum Gasteiger partial charge on any atom is 0.156 e. The van der Waals surface area contributed by atoms with Gasteiger partial charge in [0.1, 0.15) is 0 Å². The van der Waals surface area contributed by atoms with Crippen LogP contribution in [0.5, 0.6) is 0 Å². The zero-order valence-corrected chi connectivity index (χ0v) is 12.4. The second kappa shape index (κ2) is 7.34. The van der Waals surface area contributed by atoms with Crippen molar-refractivity contribution in [3.63, 3.8) is 0 Å². The molecule has 0 aromatic carbocycles. The number of aliphatic hydroxyl groups is 1. The summed E-state index contributed by atoms with van der Waals surface area (Å²) in [5, 5.41) is 8.93. The van der Waals surface area contributed by atoms with Crippen LogP contribution < -0.4 is 0 Å². The zero-order valence-electron chi connectivity index (χ0n) is 11.6. The number of aliphatic hydroxyl groups excluding tert-OH is 1. The fourth-order valence-electron chi connectivity index (χ4n) is 1.41. The summed E-state index contributed by atoms with van der Waals surface area (Å²) < 4.78 is 23.2. The van der Waals surface area contributed by atoms with Crippen LogP contribution in [-0.4, -0.2) is 55.2 Å². The molecule has 0 radical (unpaired) electrons. The van der Waals surface area contributed by atoms with Crippen LogP contribution in [-0.2, 0) is 9.84 Å². The minimum absolute atomic E-state index is 0.0826. The van der Waals surface area contributed by atoms with Gasteiger partial charge < -0.3 is 10.0 Å². The first-order chi connectivity index (χ1) is 7.74.